The van der Waals surface area contributed by atoms with E-state index >= 15 is 0 Å². The first kappa shape index (κ1) is 11.7. The molecule has 2 rings (SSSR count). The van der Waals surface area contributed by atoms with Crippen LogP contribution in [0, 0.1) is 0 Å². The summed E-state index contributed by atoms with van der Waals surface area (Å²) >= 11 is 0. The number of likely N-dealkylation sites (N-methyl/N-ethyl adjacent to an activating group) is 1. The molecule has 0 aromatic carbocycles. The number of hydrogen-bond donors (Lipinski definition) is 1. The van der Waals surface area contributed by atoms with Crippen molar-refractivity contribution in [3.63, 3.8) is 0 Å². The summed E-state index contributed by atoms with van der Waals surface area (Å²) in [5.41, 5.74) is 2.17. The van der Waals surface area contributed by atoms with Crippen LogP contribution < -0.4 is 5.32 Å². The van der Waals surface area contributed by atoms with Crippen LogP contribution in [0.25, 0.3) is 0 Å². The van der Waals surface area contributed by atoms with E-state index < -0.39 is 0 Å². The van der Waals surface area contributed by atoms with Gasteiger partial charge >= 0.3 is 0 Å². The Kier molecular flexibility index (Phi) is 3.82. The fourth-order valence-electron chi connectivity index (χ4n) is 1.83. The molecule has 1 atom stereocenters. The van der Waals surface area contributed by atoms with Gasteiger partial charge in [-0.1, -0.05) is 6.92 Å². The Balaban J connectivity index is 2.13. The molecule has 0 aliphatic carbocycles. The van der Waals surface area contributed by atoms with Gasteiger partial charge in [0.05, 0.1) is 17.9 Å². The lowest BCUT2D eigenvalue weighted by molar-refractivity contribution is 0.534. The molecule has 5 nitrogen and oxygen atoms in total. The van der Waals surface area contributed by atoms with Crippen LogP contribution in [0.2, 0.25) is 0 Å². The van der Waals surface area contributed by atoms with E-state index in [1.165, 1.54) is 5.56 Å². The quantitative estimate of drug-likeness (QED) is 0.837. The van der Waals surface area contributed by atoms with Crippen molar-refractivity contribution in [3.8, 4) is 0 Å². The second-order valence-corrected chi connectivity index (χ2v) is 3.97. The molecule has 1 unspecified atom stereocenters. The van der Waals surface area contributed by atoms with Crippen molar-refractivity contribution in [3.05, 3.63) is 42.2 Å². The summed E-state index contributed by atoms with van der Waals surface area (Å²) in [4.78, 5) is 8.46. The third-order valence-electron chi connectivity index (χ3n) is 2.59. The van der Waals surface area contributed by atoms with Gasteiger partial charge in [0.25, 0.3) is 0 Å². The van der Waals surface area contributed by atoms with E-state index in [4.69, 9.17) is 0 Å². The van der Waals surface area contributed by atoms with Crippen molar-refractivity contribution >= 4 is 0 Å². The van der Waals surface area contributed by atoms with Gasteiger partial charge in [0, 0.05) is 31.8 Å². The molecule has 0 saturated heterocycles. The lowest BCUT2D eigenvalue weighted by atomic mass is 10.1. The maximum atomic E-state index is 4.35. The molecule has 0 radical (unpaired) electrons. The fraction of sp³-hybridized carbons (Fsp3) is 0.417. The normalized spacial score (nSPS) is 12.6. The lowest BCUT2D eigenvalue weighted by Gasteiger charge is -2.15. The number of aromatic nitrogens is 4. The van der Waals surface area contributed by atoms with Crippen LogP contribution in [0.15, 0.2) is 31.0 Å². The van der Waals surface area contributed by atoms with Gasteiger partial charge in [-0.2, -0.15) is 5.10 Å². The topological polar surface area (TPSA) is 55.6 Å². The minimum atomic E-state index is 0.193. The zero-order valence-corrected chi connectivity index (χ0v) is 10.2. The van der Waals surface area contributed by atoms with Crippen LogP contribution in [-0.4, -0.2) is 26.3 Å². The van der Waals surface area contributed by atoms with Crippen molar-refractivity contribution in [1.29, 1.82) is 0 Å². The number of aryl methyl sites for hydroxylation is 1. The van der Waals surface area contributed by atoms with Gasteiger partial charge in [0.2, 0.25) is 0 Å². The second kappa shape index (κ2) is 5.54. The third kappa shape index (κ3) is 3.10. The van der Waals surface area contributed by atoms with Crippen molar-refractivity contribution in [2.24, 2.45) is 7.05 Å². The van der Waals surface area contributed by atoms with Crippen LogP contribution in [-0.2, 0) is 13.5 Å². The fourth-order valence-corrected chi connectivity index (χ4v) is 1.83. The molecular weight excluding hydrogens is 214 g/mol. The van der Waals surface area contributed by atoms with Crippen molar-refractivity contribution < 1.29 is 0 Å². The van der Waals surface area contributed by atoms with Crippen molar-refractivity contribution in [1.82, 2.24) is 25.1 Å². The highest BCUT2D eigenvalue weighted by atomic mass is 15.2. The maximum absolute atomic E-state index is 4.35. The van der Waals surface area contributed by atoms with Gasteiger partial charge in [-0.05, 0) is 18.5 Å². The van der Waals surface area contributed by atoms with Gasteiger partial charge in [-0.25, -0.2) is 0 Å². The summed E-state index contributed by atoms with van der Waals surface area (Å²) in [6.07, 6.45) is 10.0. The average Bonchev–Trinajstić information content (AvgIpc) is 2.75. The summed E-state index contributed by atoms with van der Waals surface area (Å²) in [5.74, 6) is 0. The Morgan fingerprint density at radius 1 is 1.35 bits per heavy atom. The Bertz CT molecular complexity index is 451. The highest BCUT2D eigenvalue weighted by Gasteiger charge is 2.13. The molecule has 0 saturated carbocycles. The third-order valence-corrected chi connectivity index (χ3v) is 2.59. The molecule has 0 amide bonds. The summed E-state index contributed by atoms with van der Waals surface area (Å²) in [6, 6.07) is 0.193. The van der Waals surface area contributed by atoms with Crippen LogP contribution in [0.3, 0.4) is 0 Å². The zero-order chi connectivity index (χ0) is 12.1. The van der Waals surface area contributed by atoms with E-state index in [-0.39, 0.29) is 6.04 Å². The van der Waals surface area contributed by atoms with E-state index in [2.05, 4.69) is 27.3 Å². The summed E-state index contributed by atoms with van der Waals surface area (Å²) in [5, 5.41) is 7.59. The predicted molar refractivity (Wildman–Crippen MR) is 65.4 cm³/mol. The molecule has 2 heterocycles. The van der Waals surface area contributed by atoms with Crippen LogP contribution >= 0.6 is 0 Å². The molecule has 0 spiro atoms. The van der Waals surface area contributed by atoms with Crippen molar-refractivity contribution in [2.75, 3.05) is 6.54 Å². The molecule has 17 heavy (non-hydrogen) atoms. The highest BCUT2D eigenvalue weighted by molar-refractivity contribution is 5.12. The van der Waals surface area contributed by atoms with Crippen molar-refractivity contribution in [2.45, 2.75) is 19.4 Å². The Morgan fingerprint density at radius 3 is 2.82 bits per heavy atom. The van der Waals surface area contributed by atoms with Crippen LogP contribution in [0.5, 0.6) is 0 Å². The molecule has 2 aromatic heterocycles. The average molecular weight is 231 g/mol. The summed E-state index contributed by atoms with van der Waals surface area (Å²) < 4.78 is 1.81. The van der Waals surface area contributed by atoms with E-state index in [0.717, 1.165) is 18.7 Å². The summed E-state index contributed by atoms with van der Waals surface area (Å²) in [7, 11) is 1.92. The van der Waals surface area contributed by atoms with E-state index in [1.54, 1.807) is 12.4 Å². The lowest BCUT2D eigenvalue weighted by Crippen LogP contribution is -2.23. The SMILES string of the molecule is CCNC(Cc1cnn(C)c1)c1cnccn1. The molecular formula is C12H17N5. The minimum Gasteiger partial charge on any atom is -0.309 e. The second-order valence-electron chi connectivity index (χ2n) is 3.97. The predicted octanol–water partition coefficient (Wildman–Crippen LogP) is 1.10. The number of hydrogen-bond acceptors (Lipinski definition) is 4. The molecule has 0 bridgehead atoms. The number of nitrogens with zero attached hydrogens (tertiary/aromatic N) is 4. The van der Waals surface area contributed by atoms with Gasteiger partial charge in [0.1, 0.15) is 0 Å². The zero-order valence-electron chi connectivity index (χ0n) is 10.2. The van der Waals surface area contributed by atoms with Gasteiger partial charge in [-0.15, -0.1) is 0 Å². The molecule has 90 valence electrons. The summed E-state index contributed by atoms with van der Waals surface area (Å²) in [6.45, 7) is 2.99. The first-order valence-electron chi connectivity index (χ1n) is 5.76. The smallest absolute Gasteiger partial charge is 0.0759 e. The Hall–Kier alpha value is -1.75. The molecule has 0 aliphatic heterocycles. The van der Waals surface area contributed by atoms with Crippen LogP contribution in [0.4, 0.5) is 0 Å². The maximum Gasteiger partial charge on any atom is 0.0759 e. The minimum absolute atomic E-state index is 0.193. The first-order chi connectivity index (χ1) is 8.29. The standard InChI is InChI=1S/C12H17N5/c1-3-14-11(12-8-13-4-5-15-12)6-10-7-16-17(2)9-10/h4-5,7-9,11,14H,3,6H2,1-2H3. The molecule has 1 N–H and O–H groups in total. The molecule has 0 aliphatic rings. The molecule has 0 fully saturated rings. The van der Waals surface area contributed by atoms with Gasteiger partial charge in [0.15, 0.2) is 0 Å². The molecule has 5 heteroatoms. The Morgan fingerprint density at radius 2 is 2.24 bits per heavy atom. The first-order valence-corrected chi connectivity index (χ1v) is 5.76. The monoisotopic (exact) mass is 231 g/mol. The number of rotatable bonds is 5. The van der Waals surface area contributed by atoms with E-state index in [1.807, 2.05) is 30.3 Å². The van der Waals surface area contributed by atoms with E-state index in [0.29, 0.717) is 0 Å². The number of nitrogens with one attached hydrogen (secondary N) is 1. The Labute approximate surface area is 101 Å². The largest absolute Gasteiger partial charge is 0.309 e. The van der Waals surface area contributed by atoms with Gasteiger partial charge in [-0.3, -0.25) is 14.6 Å². The van der Waals surface area contributed by atoms with Crippen LogP contribution in [0.1, 0.15) is 24.2 Å². The highest BCUT2D eigenvalue weighted by Crippen LogP contribution is 2.14. The molecule has 2 aromatic rings. The van der Waals surface area contributed by atoms with Gasteiger partial charge < -0.3 is 5.32 Å². The van der Waals surface area contributed by atoms with E-state index in [9.17, 15) is 0 Å².